The molecule has 0 atom stereocenters. The predicted octanol–water partition coefficient (Wildman–Crippen LogP) is 1.54. The summed E-state index contributed by atoms with van der Waals surface area (Å²) in [6.07, 6.45) is 6.14. The van der Waals surface area contributed by atoms with Gasteiger partial charge >= 0.3 is 0 Å². The first kappa shape index (κ1) is 11.7. The van der Waals surface area contributed by atoms with E-state index in [1.165, 1.54) is 0 Å². The maximum Gasteiger partial charge on any atom is 0.232 e. The molecule has 0 spiro atoms. The molecule has 4 nitrogen and oxygen atoms in total. The fraction of sp³-hybridized carbons (Fsp3) is 0.455. The quantitative estimate of drug-likeness (QED) is 0.544. The van der Waals surface area contributed by atoms with E-state index < -0.39 is 0 Å². The van der Waals surface area contributed by atoms with Gasteiger partial charge in [0.1, 0.15) is 6.61 Å². The van der Waals surface area contributed by atoms with Gasteiger partial charge in [0, 0.05) is 12.7 Å². The van der Waals surface area contributed by atoms with Crippen LogP contribution in [0, 0.1) is 0 Å². The zero-order chi connectivity index (χ0) is 10.9. The van der Waals surface area contributed by atoms with E-state index in [4.69, 9.17) is 4.74 Å². The van der Waals surface area contributed by atoms with E-state index in [1.54, 1.807) is 18.5 Å². The summed E-state index contributed by atoms with van der Waals surface area (Å²) < 4.78 is 5.28. The van der Waals surface area contributed by atoms with E-state index in [1.807, 2.05) is 0 Å². The molecule has 0 aromatic carbocycles. The second-order valence-corrected chi connectivity index (χ2v) is 3.13. The summed E-state index contributed by atoms with van der Waals surface area (Å²) >= 11 is 0. The highest BCUT2D eigenvalue weighted by molar-refractivity contribution is 5.08. The van der Waals surface area contributed by atoms with Crippen molar-refractivity contribution in [1.29, 1.82) is 0 Å². The summed E-state index contributed by atoms with van der Waals surface area (Å²) in [5.41, 5.74) is 0.894. The normalized spacial score (nSPS) is 9.93. The Kier molecular flexibility index (Phi) is 5.40. The van der Waals surface area contributed by atoms with E-state index in [0.717, 1.165) is 25.2 Å². The molecule has 0 bridgehead atoms. The largest absolute Gasteiger partial charge is 0.472 e. The molecule has 4 heteroatoms. The van der Waals surface area contributed by atoms with Gasteiger partial charge in [-0.3, -0.25) is 4.98 Å². The van der Waals surface area contributed by atoms with E-state index in [-0.39, 0.29) is 0 Å². The van der Waals surface area contributed by atoms with Crippen LogP contribution >= 0.6 is 0 Å². The van der Waals surface area contributed by atoms with E-state index >= 15 is 0 Å². The molecule has 82 valence electrons. The van der Waals surface area contributed by atoms with Crippen molar-refractivity contribution in [3.63, 3.8) is 0 Å². The molecule has 0 amide bonds. The maximum atomic E-state index is 5.28. The zero-order valence-electron chi connectivity index (χ0n) is 9.07. The first-order valence-corrected chi connectivity index (χ1v) is 5.12. The molecule has 1 N–H and O–H groups in total. The molecular weight excluding hydrogens is 190 g/mol. The topological polar surface area (TPSA) is 47.0 Å². The maximum absolute atomic E-state index is 5.28. The molecule has 0 saturated heterocycles. The molecule has 1 rings (SSSR count). The summed E-state index contributed by atoms with van der Waals surface area (Å²) in [6.45, 7) is 7.87. The van der Waals surface area contributed by atoms with Gasteiger partial charge in [0.15, 0.2) is 0 Å². The van der Waals surface area contributed by atoms with Crippen molar-refractivity contribution < 1.29 is 4.74 Å². The van der Waals surface area contributed by atoms with Gasteiger partial charge in [0.2, 0.25) is 5.88 Å². The SMILES string of the molecule is C=CCOc1cncc(CNCCC)n1. The van der Waals surface area contributed by atoms with Crippen LogP contribution < -0.4 is 10.1 Å². The molecule has 0 unspecified atom stereocenters. The van der Waals surface area contributed by atoms with Gasteiger partial charge in [-0.15, -0.1) is 0 Å². The van der Waals surface area contributed by atoms with Crippen molar-refractivity contribution in [3.8, 4) is 5.88 Å². The Morgan fingerprint density at radius 1 is 1.53 bits per heavy atom. The summed E-state index contributed by atoms with van der Waals surface area (Å²) in [6, 6.07) is 0. The standard InChI is InChI=1S/C11H17N3O/c1-3-5-12-7-10-8-13-9-11(14-10)15-6-4-2/h4,8-9,12H,2-3,5-7H2,1H3. The number of nitrogens with zero attached hydrogens (tertiary/aromatic N) is 2. The highest BCUT2D eigenvalue weighted by atomic mass is 16.5. The smallest absolute Gasteiger partial charge is 0.232 e. The lowest BCUT2D eigenvalue weighted by molar-refractivity contribution is 0.345. The van der Waals surface area contributed by atoms with Crippen LogP contribution in [0.25, 0.3) is 0 Å². The number of rotatable bonds is 7. The van der Waals surface area contributed by atoms with Gasteiger partial charge in [-0.1, -0.05) is 19.6 Å². The molecular formula is C11H17N3O. The fourth-order valence-electron chi connectivity index (χ4n) is 1.08. The Labute approximate surface area is 90.4 Å². The molecule has 0 radical (unpaired) electrons. The van der Waals surface area contributed by atoms with Crippen LogP contribution in [0.2, 0.25) is 0 Å². The Morgan fingerprint density at radius 3 is 3.13 bits per heavy atom. The monoisotopic (exact) mass is 207 g/mol. The molecule has 0 aliphatic heterocycles. The molecule has 1 aromatic rings. The molecule has 0 saturated carbocycles. The Bertz CT molecular complexity index is 302. The van der Waals surface area contributed by atoms with E-state index in [2.05, 4.69) is 28.8 Å². The highest BCUT2D eigenvalue weighted by Crippen LogP contribution is 2.04. The second kappa shape index (κ2) is 6.95. The zero-order valence-corrected chi connectivity index (χ0v) is 9.07. The predicted molar refractivity (Wildman–Crippen MR) is 59.7 cm³/mol. The van der Waals surface area contributed by atoms with Crippen molar-refractivity contribution in [2.24, 2.45) is 0 Å². The van der Waals surface area contributed by atoms with Crippen LogP contribution in [0.15, 0.2) is 25.0 Å². The molecule has 1 heterocycles. The third-order valence-electron chi connectivity index (χ3n) is 1.74. The molecule has 1 aromatic heterocycles. The summed E-state index contributed by atoms with van der Waals surface area (Å²) in [4.78, 5) is 8.34. The van der Waals surface area contributed by atoms with Gasteiger partial charge in [-0.25, -0.2) is 4.98 Å². The van der Waals surface area contributed by atoms with Crippen molar-refractivity contribution in [3.05, 3.63) is 30.7 Å². The average Bonchev–Trinajstić information content (AvgIpc) is 2.27. The Balaban J connectivity index is 2.46. The number of hydrogen-bond acceptors (Lipinski definition) is 4. The van der Waals surface area contributed by atoms with Crippen LogP contribution in [-0.4, -0.2) is 23.1 Å². The molecule has 0 fully saturated rings. The Hall–Kier alpha value is -1.42. The number of nitrogens with one attached hydrogen (secondary N) is 1. The lowest BCUT2D eigenvalue weighted by Gasteiger charge is -2.05. The van der Waals surface area contributed by atoms with Crippen molar-refractivity contribution >= 4 is 0 Å². The van der Waals surface area contributed by atoms with Crippen LogP contribution in [-0.2, 0) is 6.54 Å². The minimum Gasteiger partial charge on any atom is -0.472 e. The minimum atomic E-state index is 0.459. The van der Waals surface area contributed by atoms with Crippen molar-refractivity contribution in [1.82, 2.24) is 15.3 Å². The lowest BCUT2D eigenvalue weighted by Crippen LogP contribution is -2.15. The van der Waals surface area contributed by atoms with E-state index in [0.29, 0.717) is 12.5 Å². The van der Waals surface area contributed by atoms with Crippen LogP contribution in [0.1, 0.15) is 19.0 Å². The molecule has 15 heavy (non-hydrogen) atoms. The van der Waals surface area contributed by atoms with Crippen LogP contribution in [0.5, 0.6) is 5.88 Å². The van der Waals surface area contributed by atoms with Gasteiger partial charge in [0.05, 0.1) is 11.9 Å². The molecule has 0 aliphatic carbocycles. The van der Waals surface area contributed by atoms with Crippen LogP contribution in [0.4, 0.5) is 0 Å². The second-order valence-electron chi connectivity index (χ2n) is 3.13. The first-order chi connectivity index (χ1) is 7.36. The summed E-state index contributed by atoms with van der Waals surface area (Å²) in [5.74, 6) is 0.547. The van der Waals surface area contributed by atoms with E-state index in [9.17, 15) is 0 Å². The summed E-state index contributed by atoms with van der Waals surface area (Å²) in [5, 5.41) is 3.26. The fourth-order valence-corrected chi connectivity index (χ4v) is 1.08. The third kappa shape index (κ3) is 4.56. The number of aromatic nitrogens is 2. The molecule has 0 aliphatic rings. The third-order valence-corrected chi connectivity index (χ3v) is 1.74. The highest BCUT2D eigenvalue weighted by Gasteiger charge is 1.98. The summed E-state index contributed by atoms with van der Waals surface area (Å²) in [7, 11) is 0. The Morgan fingerprint density at radius 2 is 2.40 bits per heavy atom. The van der Waals surface area contributed by atoms with Gasteiger partial charge in [-0.2, -0.15) is 0 Å². The van der Waals surface area contributed by atoms with Gasteiger partial charge < -0.3 is 10.1 Å². The average molecular weight is 207 g/mol. The van der Waals surface area contributed by atoms with Gasteiger partial charge in [-0.05, 0) is 13.0 Å². The van der Waals surface area contributed by atoms with Crippen molar-refractivity contribution in [2.45, 2.75) is 19.9 Å². The first-order valence-electron chi connectivity index (χ1n) is 5.12. The van der Waals surface area contributed by atoms with Gasteiger partial charge in [0.25, 0.3) is 0 Å². The van der Waals surface area contributed by atoms with Crippen molar-refractivity contribution in [2.75, 3.05) is 13.2 Å². The van der Waals surface area contributed by atoms with Crippen LogP contribution in [0.3, 0.4) is 0 Å². The lowest BCUT2D eigenvalue weighted by atomic mass is 10.4. The number of hydrogen-bond donors (Lipinski definition) is 1. The minimum absolute atomic E-state index is 0.459. The number of ether oxygens (including phenoxy) is 1.